The van der Waals surface area contributed by atoms with E-state index in [4.69, 9.17) is 9.26 Å². The highest BCUT2D eigenvalue weighted by Crippen LogP contribution is 2.30. The van der Waals surface area contributed by atoms with Crippen LogP contribution in [0.25, 0.3) is 0 Å². The van der Waals surface area contributed by atoms with E-state index in [0.29, 0.717) is 18.3 Å². The standard InChI is InChI=1S/C17H21N3O3/c1-13-18-17(19-23-13)15-8-5-10-20(15)16(21)12-22-11-9-14-6-3-2-4-7-14/h2-4,6-7,15H,5,8-12H2,1H3. The Bertz CT molecular complexity index is 642. The highest BCUT2D eigenvalue weighted by molar-refractivity contribution is 5.78. The van der Waals surface area contributed by atoms with Gasteiger partial charge in [-0.1, -0.05) is 35.5 Å². The third-order valence-electron chi connectivity index (χ3n) is 4.02. The van der Waals surface area contributed by atoms with Crippen molar-refractivity contribution in [3.05, 3.63) is 47.6 Å². The van der Waals surface area contributed by atoms with Gasteiger partial charge in [-0.15, -0.1) is 0 Å². The van der Waals surface area contributed by atoms with Crippen molar-refractivity contribution in [2.45, 2.75) is 32.2 Å². The number of amides is 1. The Hall–Kier alpha value is -2.21. The number of hydrogen-bond donors (Lipinski definition) is 0. The van der Waals surface area contributed by atoms with Gasteiger partial charge in [0.1, 0.15) is 6.61 Å². The van der Waals surface area contributed by atoms with Crippen LogP contribution < -0.4 is 0 Å². The monoisotopic (exact) mass is 315 g/mol. The summed E-state index contributed by atoms with van der Waals surface area (Å²) in [5.41, 5.74) is 1.21. The molecule has 0 bridgehead atoms. The van der Waals surface area contributed by atoms with E-state index in [1.807, 2.05) is 18.2 Å². The van der Waals surface area contributed by atoms with Crippen LogP contribution in [0.1, 0.15) is 36.2 Å². The number of rotatable bonds is 6. The quantitative estimate of drug-likeness (QED) is 0.765. The molecule has 1 saturated heterocycles. The van der Waals surface area contributed by atoms with Crippen LogP contribution in [0.2, 0.25) is 0 Å². The summed E-state index contributed by atoms with van der Waals surface area (Å²) >= 11 is 0. The summed E-state index contributed by atoms with van der Waals surface area (Å²) in [6.07, 6.45) is 2.63. The van der Waals surface area contributed by atoms with E-state index in [0.717, 1.165) is 25.8 Å². The molecule has 2 aromatic rings. The first kappa shape index (κ1) is 15.7. The summed E-state index contributed by atoms with van der Waals surface area (Å²) in [4.78, 5) is 18.4. The predicted molar refractivity (Wildman–Crippen MR) is 83.7 cm³/mol. The summed E-state index contributed by atoms with van der Waals surface area (Å²) in [6.45, 7) is 3.11. The van der Waals surface area contributed by atoms with Crippen molar-refractivity contribution < 1.29 is 14.1 Å². The fraction of sp³-hybridized carbons (Fsp3) is 0.471. The van der Waals surface area contributed by atoms with Gasteiger partial charge in [0.2, 0.25) is 11.8 Å². The molecule has 1 aromatic heterocycles. The summed E-state index contributed by atoms with van der Waals surface area (Å²) in [5, 5.41) is 3.95. The number of likely N-dealkylation sites (tertiary alicyclic amines) is 1. The van der Waals surface area contributed by atoms with Crippen molar-refractivity contribution >= 4 is 5.91 Å². The Morgan fingerprint density at radius 1 is 1.39 bits per heavy atom. The van der Waals surface area contributed by atoms with Crippen molar-refractivity contribution in [1.29, 1.82) is 0 Å². The zero-order valence-electron chi connectivity index (χ0n) is 13.3. The van der Waals surface area contributed by atoms with Crippen LogP contribution in [0, 0.1) is 6.92 Å². The average Bonchev–Trinajstić information content (AvgIpc) is 3.21. The molecular weight excluding hydrogens is 294 g/mol. The number of carbonyl (C=O) groups excluding carboxylic acids is 1. The van der Waals surface area contributed by atoms with Crippen molar-refractivity contribution in [2.75, 3.05) is 19.8 Å². The van der Waals surface area contributed by atoms with E-state index in [1.54, 1.807) is 11.8 Å². The molecule has 1 atom stereocenters. The van der Waals surface area contributed by atoms with E-state index < -0.39 is 0 Å². The highest BCUT2D eigenvalue weighted by atomic mass is 16.5. The summed E-state index contributed by atoms with van der Waals surface area (Å²) in [5.74, 6) is 1.11. The molecule has 0 aliphatic carbocycles. The number of aryl methyl sites for hydroxylation is 1. The second-order valence-corrected chi connectivity index (χ2v) is 5.70. The Labute approximate surface area is 135 Å². The molecule has 2 heterocycles. The lowest BCUT2D eigenvalue weighted by atomic mass is 10.2. The van der Waals surface area contributed by atoms with Gasteiger partial charge in [0.25, 0.3) is 0 Å². The van der Waals surface area contributed by atoms with Gasteiger partial charge in [-0.2, -0.15) is 4.98 Å². The highest BCUT2D eigenvalue weighted by Gasteiger charge is 2.32. The van der Waals surface area contributed by atoms with E-state index >= 15 is 0 Å². The van der Waals surface area contributed by atoms with Gasteiger partial charge in [-0.3, -0.25) is 4.79 Å². The van der Waals surface area contributed by atoms with Crippen molar-refractivity contribution in [2.24, 2.45) is 0 Å². The lowest BCUT2D eigenvalue weighted by Crippen LogP contribution is -2.34. The van der Waals surface area contributed by atoms with Crippen LogP contribution in [0.5, 0.6) is 0 Å². The topological polar surface area (TPSA) is 68.5 Å². The molecule has 0 saturated carbocycles. The van der Waals surface area contributed by atoms with Gasteiger partial charge in [-0.25, -0.2) is 0 Å². The number of ether oxygens (including phenoxy) is 1. The second kappa shape index (κ2) is 7.37. The zero-order chi connectivity index (χ0) is 16.1. The molecule has 1 aliphatic rings. The number of carbonyl (C=O) groups is 1. The number of nitrogens with zero attached hydrogens (tertiary/aromatic N) is 3. The fourth-order valence-electron chi connectivity index (χ4n) is 2.86. The lowest BCUT2D eigenvalue weighted by Gasteiger charge is -2.22. The molecule has 0 N–H and O–H groups in total. The first-order valence-electron chi connectivity index (χ1n) is 7.95. The molecule has 3 rings (SSSR count). The molecule has 1 aromatic carbocycles. The summed E-state index contributed by atoms with van der Waals surface area (Å²) < 4.78 is 10.6. The van der Waals surface area contributed by atoms with E-state index in [9.17, 15) is 4.79 Å². The first-order chi connectivity index (χ1) is 11.2. The SMILES string of the molecule is Cc1nc(C2CCCN2C(=O)COCCc2ccccc2)no1. The van der Waals surface area contributed by atoms with Gasteiger partial charge in [0.15, 0.2) is 5.82 Å². The van der Waals surface area contributed by atoms with E-state index in [1.165, 1.54) is 5.56 Å². The third-order valence-corrected chi connectivity index (χ3v) is 4.02. The van der Waals surface area contributed by atoms with Crippen molar-refractivity contribution in [1.82, 2.24) is 15.0 Å². The maximum atomic E-state index is 12.4. The maximum absolute atomic E-state index is 12.4. The van der Waals surface area contributed by atoms with Crippen molar-refractivity contribution in [3.63, 3.8) is 0 Å². The Balaban J connectivity index is 1.47. The van der Waals surface area contributed by atoms with Gasteiger partial charge in [0.05, 0.1) is 12.6 Å². The molecule has 6 nitrogen and oxygen atoms in total. The molecule has 1 aliphatic heterocycles. The van der Waals surface area contributed by atoms with Crippen LogP contribution in [0.3, 0.4) is 0 Å². The zero-order valence-corrected chi connectivity index (χ0v) is 13.3. The van der Waals surface area contributed by atoms with Crippen LogP contribution in [0.15, 0.2) is 34.9 Å². The van der Waals surface area contributed by atoms with Gasteiger partial charge in [-0.05, 0) is 24.8 Å². The molecule has 0 spiro atoms. The Kier molecular flexibility index (Phi) is 5.02. The number of benzene rings is 1. The molecule has 0 radical (unpaired) electrons. The minimum absolute atomic E-state index is 0.0111. The normalized spacial score (nSPS) is 17.6. The molecular formula is C17H21N3O3. The van der Waals surface area contributed by atoms with Crippen LogP contribution in [0.4, 0.5) is 0 Å². The lowest BCUT2D eigenvalue weighted by molar-refractivity contribution is -0.137. The number of hydrogen-bond acceptors (Lipinski definition) is 5. The third kappa shape index (κ3) is 3.96. The molecule has 1 fully saturated rings. The predicted octanol–water partition coefficient (Wildman–Crippen LogP) is 2.30. The summed E-state index contributed by atoms with van der Waals surface area (Å²) in [6, 6.07) is 10.0. The Morgan fingerprint density at radius 3 is 2.96 bits per heavy atom. The van der Waals surface area contributed by atoms with Crippen LogP contribution >= 0.6 is 0 Å². The maximum Gasteiger partial charge on any atom is 0.249 e. The first-order valence-corrected chi connectivity index (χ1v) is 7.95. The molecule has 1 amide bonds. The van der Waals surface area contributed by atoms with Crippen LogP contribution in [-0.4, -0.2) is 40.7 Å². The van der Waals surface area contributed by atoms with E-state index in [2.05, 4.69) is 22.3 Å². The van der Waals surface area contributed by atoms with Gasteiger partial charge in [0, 0.05) is 13.5 Å². The molecule has 122 valence electrons. The smallest absolute Gasteiger partial charge is 0.249 e. The minimum atomic E-state index is -0.0855. The fourth-order valence-corrected chi connectivity index (χ4v) is 2.86. The minimum Gasteiger partial charge on any atom is -0.371 e. The van der Waals surface area contributed by atoms with E-state index in [-0.39, 0.29) is 18.6 Å². The van der Waals surface area contributed by atoms with Crippen LogP contribution in [-0.2, 0) is 16.0 Å². The van der Waals surface area contributed by atoms with Gasteiger partial charge >= 0.3 is 0 Å². The molecule has 23 heavy (non-hydrogen) atoms. The molecule has 6 heteroatoms. The molecule has 1 unspecified atom stereocenters. The summed E-state index contributed by atoms with van der Waals surface area (Å²) in [7, 11) is 0. The average molecular weight is 315 g/mol. The largest absolute Gasteiger partial charge is 0.371 e. The second-order valence-electron chi connectivity index (χ2n) is 5.70. The Morgan fingerprint density at radius 2 is 2.22 bits per heavy atom. The van der Waals surface area contributed by atoms with Crippen molar-refractivity contribution in [3.8, 4) is 0 Å². The number of aromatic nitrogens is 2. The van der Waals surface area contributed by atoms with Gasteiger partial charge < -0.3 is 14.2 Å².